The molecule has 0 aliphatic rings. The van der Waals surface area contributed by atoms with Crippen LogP contribution in [-0.4, -0.2) is 11.7 Å². The van der Waals surface area contributed by atoms with Gasteiger partial charge in [0.05, 0.1) is 5.60 Å². The molecule has 106 valence electrons. The highest BCUT2D eigenvalue weighted by atomic mass is 35.5. The van der Waals surface area contributed by atoms with Crippen molar-refractivity contribution in [2.75, 3.05) is 6.54 Å². The molecule has 4 heteroatoms. The smallest absolute Gasteiger partial charge is 0.127 e. The number of hydrogen-bond donors (Lipinski definition) is 2. The van der Waals surface area contributed by atoms with Crippen LogP contribution in [0, 0.1) is 0 Å². The third kappa shape index (κ3) is 3.73. The number of ether oxygens (including phenoxy) is 1. The number of aliphatic hydroxyl groups is 1. The molecule has 0 fully saturated rings. The molecule has 0 radical (unpaired) electrons. The fourth-order valence-corrected chi connectivity index (χ4v) is 2.07. The van der Waals surface area contributed by atoms with Gasteiger partial charge in [0.2, 0.25) is 0 Å². The second-order valence-corrected chi connectivity index (χ2v) is 5.33. The molecule has 20 heavy (non-hydrogen) atoms. The summed E-state index contributed by atoms with van der Waals surface area (Å²) in [5.41, 5.74) is 5.42. The Morgan fingerprint density at radius 2 is 1.55 bits per heavy atom. The molecular weight excluding hydrogens is 274 g/mol. The summed E-state index contributed by atoms with van der Waals surface area (Å²) in [6, 6.07) is 14.5. The molecule has 2 rings (SSSR count). The van der Waals surface area contributed by atoms with Crippen LogP contribution in [0.4, 0.5) is 0 Å². The predicted octanol–water partition coefficient (Wildman–Crippen LogP) is 3.69. The highest BCUT2D eigenvalue weighted by molar-refractivity contribution is 6.30. The molecule has 2 aromatic rings. The Balaban J connectivity index is 2.10. The summed E-state index contributed by atoms with van der Waals surface area (Å²) in [6.07, 6.45) is 0.518. The Labute approximate surface area is 123 Å². The minimum atomic E-state index is -0.909. The van der Waals surface area contributed by atoms with Crippen LogP contribution in [0.1, 0.15) is 18.9 Å². The maximum atomic E-state index is 10.3. The Morgan fingerprint density at radius 3 is 2.05 bits per heavy atom. The van der Waals surface area contributed by atoms with Gasteiger partial charge in [-0.05, 0) is 61.9 Å². The first-order valence-corrected chi connectivity index (χ1v) is 6.85. The van der Waals surface area contributed by atoms with Crippen molar-refractivity contribution in [2.45, 2.75) is 18.9 Å². The summed E-state index contributed by atoms with van der Waals surface area (Å²) in [7, 11) is 0. The lowest BCUT2D eigenvalue weighted by Crippen LogP contribution is -2.24. The Morgan fingerprint density at radius 1 is 1.05 bits per heavy atom. The standard InChI is InChI=1S/C16H18ClNO2/c1-16(19,10-11-18)12-2-6-14(7-3-12)20-15-8-4-13(17)5-9-15/h2-9,19H,10-11,18H2,1H3. The van der Waals surface area contributed by atoms with Gasteiger partial charge in [0.15, 0.2) is 0 Å². The average Bonchev–Trinajstić information content (AvgIpc) is 2.42. The summed E-state index contributed by atoms with van der Waals surface area (Å²) < 4.78 is 5.70. The van der Waals surface area contributed by atoms with Crippen molar-refractivity contribution < 1.29 is 9.84 Å². The van der Waals surface area contributed by atoms with Crippen molar-refractivity contribution in [3.63, 3.8) is 0 Å². The summed E-state index contributed by atoms with van der Waals surface area (Å²) in [6.45, 7) is 2.20. The molecule has 0 heterocycles. The second-order valence-electron chi connectivity index (χ2n) is 4.89. The summed E-state index contributed by atoms with van der Waals surface area (Å²) >= 11 is 5.82. The summed E-state index contributed by atoms with van der Waals surface area (Å²) in [4.78, 5) is 0. The summed E-state index contributed by atoms with van der Waals surface area (Å²) in [5, 5.41) is 10.9. The van der Waals surface area contributed by atoms with Crippen LogP contribution in [-0.2, 0) is 5.60 Å². The topological polar surface area (TPSA) is 55.5 Å². The highest BCUT2D eigenvalue weighted by Crippen LogP contribution is 2.28. The van der Waals surface area contributed by atoms with E-state index in [1.807, 2.05) is 24.3 Å². The largest absolute Gasteiger partial charge is 0.457 e. The van der Waals surface area contributed by atoms with Crippen LogP contribution in [0.2, 0.25) is 5.02 Å². The van der Waals surface area contributed by atoms with E-state index in [-0.39, 0.29) is 0 Å². The Kier molecular flexibility index (Phi) is 4.65. The lowest BCUT2D eigenvalue weighted by Gasteiger charge is -2.23. The van der Waals surface area contributed by atoms with E-state index in [9.17, 15) is 5.11 Å². The lowest BCUT2D eigenvalue weighted by molar-refractivity contribution is 0.0504. The number of rotatable bonds is 5. The van der Waals surface area contributed by atoms with Gasteiger partial charge in [-0.2, -0.15) is 0 Å². The van der Waals surface area contributed by atoms with Crippen LogP contribution in [0.3, 0.4) is 0 Å². The van der Waals surface area contributed by atoms with Crippen molar-refractivity contribution >= 4 is 11.6 Å². The van der Waals surface area contributed by atoms with Crippen molar-refractivity contribution in [2.24, 2.45) is 5.73 Å². The fourth-order valence-electron chi connectivity index (χ4n) is 1.95. The minimum Gasteiger partial charge on any atom is -0.457 e. The zero-order valence-corrected chi connectivity index (χ0v) is 12.1. The lowest BCUT2D eigenvalue weighted by atomic mass is 9.93. The van der Waals surface area contributed by atoms with Crippen molar-refractivity contribution in [1.82, 2.24) is 0 Å². The van der Waals surface area contributed by atoms with E-state index >= 15 is 0 Å². The molecule has 0 spiro atoms. The molecule has 2 aromatic carbocycles. The summed E-state index contributed by atoms with van der Waals surface area (Å²) in [5.74, 6) is 1.43. The van der Waals surface area contributed by atoms with Gasteiger partial charge in [-0.3, -0.25) is 0 Å². The van der Waals surface area contributed by atoms with Gasteiger partial charge in [-0.25, -0.2) is 0 Å². The van der Waals surface area contributed by atoms with Crippen LogP contribution in [0.5, 0.6) is 11.5 Å². The number of hydrogen-bond acceptors (Lipinski definition) is 3. The van der Waals surface area contributed by atoms with Gasteiger partial charge >= 0.3 is 0 Å². The van der Waals surface area contributed by atoms with E-state index in [0.717, 1.165) is 11.3 Å². The van der Waals surface area contributed by atoms with E-state index < -0.39 is 5.60 Å². The maximum Gasteiger partial charge on any atom is 0.127 e. The quantitative estimate of drug-likeness (QED) is 0.883. The molecule has 3 nitrogen and oxygen atoms in total. The molecule has 0 aliphatic carbocycles. The van der Waals surface area contributed by atoms with Gasteiger partial charge < -0.3 is 15.6 Å². The van der Waals surface area contributed by atoms with E-state index in [1.54, 1.807) is 31.2 Å². The van der Waals surface area contributed by atoms with Crippen LogP contribution in [0.25, 0.3) is 0 Å². The third-order valence-corrected chi connectivity index (χ3v) is 3.41. The predicted molar refractivity (Wildman–Crippen MR) is 81.2 cm³/mol. The molecule has 1 atom stereocenters. The maximum absolute atomic E-state index is 10.3. The molecule has 0 bridgehead atoms. The normalized spacial score (nSPS) is 13.8. The molecule has 0 amide bonds. The average molecular weight is 292 g/mol. The highest BCUT2D eigenvalue weighted by Gasteiger charge is 2.21. The van der Waals surface area contributed by atoms with E-state index in [2.05, 4.69) is 0 Å². The Bertz CT molecular complexity index is 550. The van der Waals surface area contributed by atoms with Crippen LogP contribution < -0.4 is 10.5 Å². The molecule has 0 saturated heterocycles. The number of halogens is 1. The Hall–Kier alpha value is -1.55. The van der Waals surface area contributed by atoms with Gasteiger partial charge in [0, 0.05) is 5.02 Å². The van der Waals surface area contributed by atoms with Gasteiger partial charge in [0.1, 0.15) is 11.5 Å². The molecular formula is C16H18ClNO2. The first-order valence-electron chi connectivity index (χ1n) is 6.48. The van der Waals surface area contributed by atoms with Crippen molar-refractivity contribution in [1.29, 1.82) is 0 Å². The van der Waals surface area contributed by atoms with Gasteiger partial charge in [0.25, 0.3) is 0 Å². The monoisotopic (exact) mass is 291 g/mol. The first kappa shape index (κ1) is 14.9. The zero-order valence-electron chi connectivity index (χ0n) is 11.3. The van der Waals surface area contributed by atoms with E-state index in [0.29, 0.717) is 23.7 Å². The van der Waals surface area contributed by atoms with Gasteiger partial charge in [-0.15, -0.1) is 0 Å². The zero-order chi connectivity index (χ0) is 14.6. The second kappa shape index (κ2) is 6.27. The SMILES string of the molecule is CC(O)(CCN)c1ccc(Oc2ccc(Cl)cc2)cc1. The fraction of sp³-hybridized carbons (Fsp3) is 0.250. The first-order chi connectivity index (χ1) is 9.51. The van der Waals surface area contributed by atoms with Crippen molar-refractivity contribution in [3.05, 3.63) is 59.1 Å². The molecule has 1 unspecified atom stereocenters. The molecule has 0 saturated carbocycles. The number of nitrogens with two attached hydrogens (primary N) is 1. The third-order valence-electron chi connectivity index (χ3n) is 3.16. The van der Waals surface area contributed by atoms with Gasteiger partial charge in [-0.1, -0.05) is 23.7 Å². The number of benzene rings is 2. The van der Waals surface area contributed by atoms with Crippen LogP contribution >= 0.6 is 11.6 Å². The van der Waals surface area contributed by atoms with Crippen molar-refractivity contribution in [3.8, 4) is 11.5 Å². The molecule has 0 aromatic heterocycles. The minimum absolute atomic E-state index is 0.441. The molecule has 0 aliphatic heterocycles. The van der Waals surface area contributed by atoms with E-state index in [4.69, 9.17) is 22.1 Å². The van der Waals surface area contributed by atoms with Crippen LogP contribution in [0.15, 0.2) is 48.5 Å². The molecule has 3 N–H and O–H groups in total. The van der Waals surface area contributed by atoms with E-state index in [1.165, 1.54) is 0 Å².